The molecule has 1 aromatic carbocycles. The van der Waals surface area contributed by atoms with Crippen LogP contribution in [0.4, 0.5) is 0 Å². The summed E-state index contributed by atoms with van der Waals surface area (Å²) in [4.78, 5) is 11.9. The highest BCUT2D eigenvalue weighted by Gasteiger charge is 2.11. The van der Waals surface area contributed by atoms with Crippen molar-refractivity contribution in [2.45, 2.75) is 25.9 Å². The Labute approximate surface area is 115 Å². The third-order valence-corrected chi connectivity index (χ3v) is 2.99. The van der Waals surface area contributed by atoms with E-state index < -0.39 is 0 Å². The van der Waals surface area contributed by atoms with Crippen molar-refractivity contribution in [3.63, 3.8) is 0 Å². The Morgan fingerprint density at radius 3 is 2.89 bits per heavy atom. The van der Waals surface area contributed by atoms with Gasteiger partial charge in [0.15, 0.2) is 0 Å². The monoisotopic (exact) mass is 315 g/mol. The van der Waals surface area contributed by atoms with E-state index in [-0.39, 0.29) is 12.0 Å². The number of halogens is 1. The number of hydrogen-bond acceptors (Lipinski definition) is 3. The van der Waals surface area contributed by atoms with Crippen LogP contribution >= 0.6 is 15.9 Å². The van der Waals surface area contributed by atoms with E-state index in [1.807, 2.05) is 0 Å². The van der Waals surface area contributed by atoms with Gasteiger partial charge in [0.05, 0.1) is 18.8 Å². The molecular weight excluding hydrogens is 298 g/mol. The van der Waals surface area contributed by atoms with E-state index in [0.29, 0.717) is 24.3 Å². The Hall–Kier alpha value is -1.07. The van der Waals surface area contributed by atoms with Gasteiger partial charge in [-0.1, -0.05) is 15.9 Å². The lowest BCUT2D eigenvalue weighted by atomic mass is 10.1. The standard InChI is InChI=1S/C13H18BrNO3/c1-9(16)4-3-7-15-13(17)11-6-5-10(14)8-12(11)18-2/h5-6,8-9,16H,3-4,7H2,1-2H3,(H,15,17). The number of nitrogens with one attached hydrogen (secondary N) is 1. The van der Waals surface area contributed by atoms with E-state index in [9.17, 15) is 4.79 Å². The molecule has 0 fully saturated rings. The smallest absolute Gasteiger partial charge is 0.255 e. The number of aliphatic hydroxyl groups is 1. The number of rotatable bonds is 6. The predicted molar refractivity (Wildman–Crippen MR) is 73.9 cm³/mol. The third-order valence-electron chi connectivity index (χ3n) is 2.49. The van der Waals surface area contributed by atoms with Crippen molar-refractivity contribution in [2.75, 3.05) is 13.7 Å². The fourth-order valence-electron chi connectivity index (χ4n) is 1.55. The average Bonchev–Trinajstić information content (AvgIpc) is 2.33. The van der Waals surface area contributed by atoms with E-state index in [0.717, 1.165) is 10.9 Å². The van der Waals surface area contributed by atoms with Crippen molar-refractivity contribution >= 4 is 21.8 Å². The number of ether oxygens (including phenoxy) is 1. The normalized spacial score (nSPS) is 12.0. The summed E-state index contributed by atoms with van der Waals surface area (Å²) >= 11 is 3.33. The van der Waals surface area contributed by atoms with Crippen molar-refractivity contribution < 1.29 is 14.6 Å². The summed E-state index contributed by atoms with van der Waals surface area (Å²) in [6.45, 7) is 2.28. The van der Waals surface area contributed by atoms with Gasteiger partial charge < -0.3 is 15.2 Å². The molecule has 0 aromatic heterocycles. The first-order valence-corrected chi connectivity index (χ1v) is 6.63. The minimum Gasteiger partial charge on any atom is -0.496 e. The zero-order chi connectivity index (χ0) is 13.5. The summed E-state index contributed by atoms with van der Waals surface area (Å²) in [6.07, 6.45) is 1.10. The maximum Gasteiger partial charge on any atom is 0.255 e. The highest BCUT2D eigenvalue weighted by Crippen LogP contribution is 2.23. The second-order valence-corrected chi connectivity index (χ2v) is 5.01. The van der Waals surface area contributed by atoms with Crippen LogP contribution in [0.1, 0.15) is 30.1 Å². The quantitative estimate of drug-likeness (QED) is 0.792. The first-order chi connectivity index (χ1) is 8.54. The van der Waals surface area contributed by atoms with Crippen molar-refractivity contribution in [1.29, 1.82) is 0 Å². The molecule has 4 nitrogen and oxygen atoms in total. The molecule has 1 rings (SSSR count). The van der Waals surface area contributed by atoms with Crippen LogP contribution in [0.25, 0.3) is 0 Å². The lowest BCUT2D eigenvalue weighted by Gasteiger charge is -2.10. The Kier molecular flexibility index (Phi) is 6.15. The molecule has 0 aliphatic rings. The van der Waals surface area contributed by atoms with E-state index in [1.54, 1.807) is 25.1 Å². The van der Waals surface area contributed by atoms with Gasteiger partial charge in [0, 0.05) is 11.0 Å². The Morgan fingerprint density at radius 1 is 1.56 bits per heavy atom. The molecule has 1 atom stereocenters. The van der Waals surface area contributed by atoms with Gasteiger partial charge in [0.25, 0.3) is 5.91 Å². The molecule has 1 aromatic rings. The van der Waals surface area contributed by atoms with Gasteiger partial charge in [-0.2, -0.15) is 0 Å². The summed E-state index contributed by atoms with van der Waals surface area (Å²) in [5, 5.41) is 11.9. The zero-order valence-electron chi connectivity index (χ0n) is 10.6. The second-order valence-electron chi connectivity index (χ2n) is 4.09. The molecule has 0 aliphatic heterocycles. The van der Waals surface area contributed by atoms with Crippen LogP contribution in [0.15, 0.2) is 22.7 Å². The number of methoxy groups -OCH3 is 1. The fourth-order valence-corrected chi connectivity index (χ4v) is 1.89. The number of hydrogen-bond donors (Lipinski definition) is 2. The number of carbonyl (C=O) groups is 1. The molecule has 18 heavy (non-hydrogen) atoms. The number of benzene rings is 1. The molecule has 0 saturated carbocycles. The molecular formula is C13H18BrNO3. The van der Waals surface area contributed by atoms with Gasteiger partial charge in [0.2, 0.25) is 0 Å². The molecule has 0 radical (unpaired) electrons. The molecule has 0 heterocycles. The van der Waals surface area contributed by atoms with Crippen molar-refractivity contribution in [3.8, 4) is 5.75 Å². The molecule has 0 bridgehead atoms. The highest BCUT2D eigenvalue weighted by molar-refractivity contribution is 9.10. The summed E-state index contributed by atoms with van der Waals surface area (Å²) in [6, 6.07) is 5.27. The Morgan fingerprint density at radius 2 is 2.28 bits per heavy atom. The van der Waals surface area contributed by atoms with E-state index in [4.69, 9.17) is 9.84 Å². The maximum absolute atomic E-state index is 11.9. The highest BCUT2D eigenvalue weighted by atomic mass is 79.9. The average molecular weight is 316 g/mol. The summed E-state index contributed by atoms with van der Waals surface area (Å²) < 4.78 is 6.03. The SMILES string of the molecule is COc1cc(Br)ccc1C(=O)NCCCC(C)O. The first kappa shape index (κ1) is 15.0. The van der Waals surface area contributed by atoms with E-state index in [1.165, 1.54) is 7.11 Å². The largest absolute Gasteiger partial charge is 0.496 e. The molecule has 100 valence electrons. The minimum absolute atomic E-state index is 0.162. The Bertz CT molecular complexity index is 407. The van der Waals surface area contributed by atoms with E-state index in [2.05, 4.69) is 21.2 Å². The minimum atomic E-state index is -0.330. The van der Waals surface area contributed by atoms with Crippen LogP contribution in [-0.4, -0.2) is 30.8 Å². The molecule has 0 aliphatic carbocycles. The zero-order valence-corrected chi connectivity index (χ0v) is 12.2. The van der Waals surface area contributed by atoms with Gasteiger partial charge in [-0.25, -0.2) is 0 Å². The molecule has 1 amide bonds. The van der Waals surface area contributed by atoms with Gasteiger partial charge in [0.1, 0.15) is 5.75 Å². The Balaban J connectivity index is 2.56. The van der Waals surface area contributed by atoms with Crippen LogP contribution in [-0.2, 0) is 0 Å². The summed E-state index contributed by atoms with van der Waals surface area (Å²) in [5.74, 6) is 0.377. The van der Waals surface area contributed by atoms with Gasteiger partial charge >= 0.3 is 0 Å². The van der Waals surface area contributed by atoms with Gasteiger partial charge in [-0.05, 0) is 38.0 Å². The number of amides is 1. The van der Waals surface area contributed by atoms with Crippen molar-refractivity contribution in [2.24, 2.45) is 0 Å². The van der Waals surface area contributed by atoms with Crippen molar-refractivity contribution in [3.05, 3.63) is 28.2 Å². The van der Waals surface area contributed by atoms with Crippen LogP contribution in [0.2, 0.25) is 0 Å². The predicted octanol–water partition coefficient (Wildman–Crippen LogP) is 2.35. The summed E-state index contributed by atoms with van der Waals surface area (Å²) in [7, 11) is 1.53. The lowest BCUT2D eigenvalue weighted by Crippen LogP contribution is -2.25. The van der Waals surface area contributed by atoms with E-state index >= 15 is 0 Å². The molecule has 1 unspecified atom stereocenters. The first-order valence-electron chi connectivity index (χ1n) is 5.84. The second kappa shape index (κ2) is 7.38. The van der Waals surface area contributed by atoms with Gasteiger partial charge in [-0.3, -0.25) is 4.79 Å². The van der Waals surface area contributed by atoms with Crippen LogP contribution < -0.4 is 10.1 Å². The molecule has 5 heteroatoms. The van der Waals surface area contributed by atoms with Gasteiger partial charge in [-0.15, -0.1) is 0 Å². The molecule has 0 saturated heterocycles. The third kappa shape index (κ3) is 4.66. The molecule has 0 spiro atoms. The van der Waals surface area contributed by atoms with Crippen LogP contribution in [0, 0.1) is 0 Å². The van der Waals surface area contributed by atoms with Crippen LogP contribution in [0.5, 0.6) is 5.75 Å². The number of carbonyl (C=O) groups excluding carboxylic acids is 1. The maximum atomic E-state index is 11.9. The fraction of sp³-hybridized carbons (Fsp3) is 0.462. The van der Waals surface area contributed by atoms with Crippen molar-refractivity contribution in [1.82, 2.24) is 5.32 Å². The number of aliphatic hydroxyl groups excluding tert-OH is 1. The molecule has 2 N–H and O–H groups in total. The topological polar surface area (TPSA) is 58.6 Å². The van der Waals surface area contributed by atoms with Crippen LogP contribution in [0.3, 0.4) is 0 Å². The lowest BCUT2D eigenvalue weighted by molar-refractivity contribution is 0.0946. The summed E-state index contributed by atoms with van der Waals surface area (Å²) in [5.41, 5.74) is 0.512.